The third-order valence-corrected chi connectivity index (χ3v) is 2.53. The largest absolute Gasteiger partial charge is 0.416 e. The Morgan fingerprint density at radius 1 is 1.28 bits per heavy atom. The van der Waals surface area contributed by atoms with Crippen molar-refractivity contribution >= 4 is 5.69 Å². The summed E-state index contributed by atoms with van der Waals surface area (Å²) >= 11 is 0. The zero-order valence-electron chi connectivity index (χ0n) is 9.07. The van der Waals surface area contributed by atoms with Crippen molar-refractivity contribution in [2.45, 2.75) is 12.3 Å². The molecule has 0 bridgehead atoms. The Labute approximate surface area is 100 Å². The third kappa shape index (κ3) is 2.30. The van der Waals surface area contributed by atoms with E-state index in [-0.39, 0.29) is 11.3 Å². The average Bonchev–Trinajstić information content (AvgIpc) is 2.80. The Bertz CT molecular complexity index is 537. The van der Waals surface area contributed by atoms with Crippen LogP contribution in [0.5, 0.6) is 0 Å². The fourth-order valence-electron chi connectivity index (χ4n) is 1.59. The summed E-state index contributed by atoms with van der Waals surface area (Å²) in [7, 11) is 0. The van der Waals surface area contributed by atoms with Gasteiger partial charge >= 0.3 is 6.18 Å². The molecule has 18 heavy (non-hydrogen) atoms. The van der Waals surface area contributed by atoms with Crippen LogP contribution in [0.25, 0.3) is 0 Å². The highest BCUT2D eigenvalue weighted by atomic mass is 19.4. The van der Waals surface area contributed by atoms with Gasteiger partial charge in [-0.05, 0) is 18.2 Å². The summed E-state index contributed by atoms with van der Waals surface area (Å²) < 4.78 is 37.3. The monoisotopic (exact) mass is 257 g/mol. The van der Waals surface area contributed by atoms with Gasteiger partial charge in [0.2, 0.25) is 0 Å². The molecule has 0 aliphatic heterocycles. The predicted octanol–water partition coefficient (Wildman–Crippen LogP) is 2.09. The molecule has 1 aromatic carbocycles. The van der Waals surface area contributed by atoms with E-state index in [4.69, 9.17) is 5.73 Å². The highest BCUT2D eigenvalue weighted by Crippen LogP contribution is 2.33. The number of alkyl halides is 3. The number of aliphatic hydroxyl groups is 1. The van der Waals surface area contributed by atoms with Crippen molar-refractivity contribution in [1.82, 2.24) is 10.2 Å². The summed E-state index contributed by atoms with van der Waals surface area (Å²) in [6.07, 6.45) is -4.15. The smallest absolute Gasteiger partial charge is 0.398 e. The van der Waals surface area contributed by atoms with Crippen LogP contribution < -0.4 is 5.73 Å². The number of hydrogen-bond donors (Lipinski definition) is 3. The molecule has 0 amide bonds. The first-order valence-electron chi connectivity index (χ1n) is 5.03. The Balaban J connectivity index is 2.36. The van der Waals surface area contributed by atoms with Crippen molar-refractivity contribution in [3.63, 3.8) is 0 Å². The van der Waals surface area contributed by atoms with E-state index >= 15 is 0 Å². The average molecular weight is 257 g/mol. The normalized spacial score (nSPS) is 13.6. The Hall–Kier alpha value is -2.02. The van der Waals surface area contributed by atoms with Crippen molar-refractivity contribution in [2.24, 2.45) is 0 Å². The summed E-state index contributed by atoms with van der Waals surface area (Å²) in [4.78, 5) is 0. The molecular weight excluding hydrogens is 247 g/mol. The minimum atomic E-state index is -4.45. The van der Waals surface area contributed by atoms with E-state index in [1.165, 1.54) is 12.3 Å². The Kier molecular flexibility index (Phi) is 3.00. The molecule has 0 spiro atoms. The van der Waals surface area contributed by atoms with Crippen molar-refractivity contribution in [3.05, 3.63) is 47.3 Å². The number of aromatic amines is 1. The van der Waals surface area contributed by atoms with Crippen LogP contribution in [0.1, 0.15) is 22.9 Å². The van der Waals surface area contributed by atoms with Crippen molar-refractivity contribution in [3.8, 4) is 0 Å². The van der Waals surface area contributed by atoms with Crippen LogP contribution in [-0.4, -0.2) is 15.3 Å². The van der Waals surface area contributed by atoms with Crippen LogP contribution in [0.2, 0.25) is 0 Å². The number of nitrogen functional groups attached to an aromatic ring is 1. The summed E-state index contributed by atoms with van der Waals surface area (Å²) in [5.74, 6) is 0. The Morgan fingerprint density at radius 2 is 2.00 bits per heavy atom. The molecule has 7 heteroatoms. The summed E-state index contributed by atoms with van der Waals surface area (Å²) in [5.41, 5.74) is 5.13. The molecule has 0 saturated carbocycles. The van der Waals surface area contributed by atoms with E-state index in [9.17, 15) is 18.3 Å². The van der Waals surface area contributed by atoms with Crippen molar-refractivity contribution < 1.29 is 18.3 Å². The molecule has 4 N–H and O–H groups in total. The topological polar surface area (TPSA) is 74.9 Å². The molecule has 1 heterocycles. The molecule has 0 saturated heterocycles. The number of hydrogen-bond acceptors (Lipinski definition) is 3. The maximum absolute atomic E-state index is 12.4. The number of nitrogens with one attached hydrogen (secondary N) is 1. The van der Waals surface area contributed by atoms with Gasteiger partial charge in [-0.2, -0.15) is 18.3 Å². The fourth-order valence-corrected chi connectivity index (χ4v) is 1.59. The van der Waals surface area contributed by atoms with Gasteiger partial charge in [-0.1, -0.05) is 6.07 Å². The summed E-state index contributed by atoms with van der Waals surface area (Å²) in [5, 5.41) is 16.1. The Morgan fingerprint density at radius 3 is 2.50 bits per heavy atom. The number of halogens is 3. The van der Waals surface area contributed by atoms with Crippen LogP contribution in [0.15, 0.2) is 30.5 Å². The second-order valence-electron chi connectivity index (χ2n) is 3.76. The molecule has 0 aliphatic rings. The fraction of sp³-hybridized carbons (Fsp3) is 0.182. The summed E-state index contributed by atoms with van der Waals surface area (Å²) in [6, 6.07) is 4.35. The van der Waals surface area contributed by atoms with Gasteiger partial charge in [0.05, 0.1) is 11.3 Å². The number of H-pyrrole nitrogens is 1. The van der Waals surface area contributed by atoms with Gasteiger partial charge in [0.1, 0.15) is 6.10 Å². The molecule has 1 atom stereocenters. The van der Waals surface area contributed by atoms with Gasteiger partial charge < -0.3 is 10.8 Å². The molecule has 2 aromatic rings. The molecule has 2 rings (SSSR count). The number of anilines is 1. The molecule has 4 nitrogen and oxygen atoms in total. The minimum absolute atomic E-state index is 0.119. The first kappa shape index (κ1) is 12.4. The number of rotatable bonds is 2. The lowest BCUT2D eigenvalue weighted by Gasteiger charge is -2.14. The first-order valence-corrected chi connectivity index (χ1v) is 5.03. The quantitative estimate of drug-likeness (QED) is 0.721. The van der Waals surface area contributed by atoms with Gasteiger partial charge in [-0.3, -0.25) is 5.10 Å². The van der Waals surface area contributed by atoms with Crippen LogP contribution in [0, 0.1) is 0 Å². The zero-order valence-corrected chi connectivity index (χ0v) is 9.07. The van der Waals surface area contributed by atoms with Gasteiger partial charge in [0.25, 0.3) is 0 Å². The van der Waals surface area contributed by atoms with E-state index in [1.54, 1.807) is 0 Å². The van der Waals surface area contributed by atoms with Crippen LogP contribution in [0.3, 0.4) is 0 Å². The number of benzene rings is 1. The number of nitrogens with two attached hydrogens (primary N) is 1. The van der Waals surface area contributed by atoms with Crippen LogP contribution >= 0.6 is 0 Å². The standard InChI is InChI=1S/C11H10F3N3O/c12-11(13,14)6-1-2-7(8(15)5-6)10(18)9-3-4-16-17-9/h1-5,10,18H,15H2,(H,16,17). The SMILES string of the molecule is Nc1cc(C(F)(F)F)ccc1C(O)c1ccn[nH]1. The highest BCUT2D eigenvalue weighted by molar-refractivity contribution is 5.52. The molecule has 96 valence electrons. The third-order valence-electron chi connectivity index (χ3n) is 2.53. The maximum atomic E-state index is 12.4. The van der Waals surface area contributed by atoms with Gasteiger partial charge in [0, 0.05) is 17.4 Å². The second-order valence-corrected chi connectivity index (χ2v) is 3.76. The first-order chi connectivity index (χ1) is 8.39. The molecule has 0 aliphatic carbocycles. The number of nitrogens with zero attached hydrogens (tertiary/aromatic N) is 1. The van der Waals surface area contributed by atoms with E-state index in [0.29, 0.717) is 5.69 Å². The lowest BCUT2D eigenvalue weighted by atomic mass is 10.0. The van der Waals surface area contributed by atoms with Crippen molar-refractivity contribution in [2.75, 3.05) is 5.73 Å². The van der Waals surface area contributed by atoms with Gasteiger partial charge in [-0.15, -0.1) is 0 Å². The molecule has 1 aromatic heterocycles. The zero-order chi connectivity index (χ0) is 13.3. The van der Waals surface area contributed by atoms with Crippen molar-refractivity contribution in [1.29, 1.82) is 0 Å². The molecule has 0 radical (unpaired) electrons. The molecule has 0 fully saturated rings. The molecular formula is C11H10F3N3O. The lowest BCUT2D eigenvalue weighted by Crippen LogP contribution is -2.09. The van der Waals surface area contributed by atoms with Gasteiger partial charge in [-0.25, -0.2) is 0 Å². The van der Waals surface area contributed by atoms with Crippen LogP contribution in [-0.2, 0) is 6.18 Å². The highest BCUT2D eigenvalue weighted by Gasteiger charge is 2.31. The minimum Gasteiger partial charge on any atom is -0.398 e. The summed E-state index contributed by atoms with van der Waals surface area (Å²) in [6.45, 7) is 0. The van der Waals surface area contributed by atoms with Crippen LogP contribution in [0.4, 0.5) is 18.9 Å². The predicted molar refractivity (Wildman–Crippen MR) is 58.5 cm³/mol. The van der Waals surface area contributed by atoms with E-state index in [0.717, 1.165) is 18.2 Å². The number of aliphatic hydroxyl groups excluding tert-OH is 1. The lowest BCUT2D eigenvalue weighted by molar-refractivity contribution is -0.137. The second kappa shape index (κ2) is 4.34. The molecule has 1 unspecified atom stereocenters. The maximum Gasteiger partial charge on any atom is 0.416 e. The number of aromatic nitrogens is 2. The van der Waals surface area contributed by atoms with Gasteiger partial charge in [0.15, 0.2) is 0 Å². The van der Waals surface area contributed by atoms with E-state index < -0.39 is 17.8 Å². The van der Waals surface area contributed by atoms with E-state index in [1.807, 2.05) is 0 Å². The van der Waals surface area contributed by atoms with E-state index in [2.05, 4.69) is 10.2 Å².